The minimum absolute atomic E-state index is 0.167. The Morgan fingerprint density at radius 2 is 2.12 bits per heavy atom. The van der Waals surface area contributed by atoms with Gasteiger partial charge in [-0.2, -0.15) is 0 Å². The average Bonchev–Trinajstić information content (AvgIpc) is 2.29. The van der Waals surface area contributed by atoms with E-state index in [9.17, 15) is 9.18 Å². The second-order valence-electron chi connectivity index (χ2n) is 3.79. The lowest BCUT2D eigenvalue weighted by atomic mass is 9.92. The van der Waals surface area contributed by atoms with Gasteiger partial charge in [0.1, 0.15) is 5.82 Å². The molecule has 3 nitrogen and oxygen atoms in total. The van der Waals surface area contributed by atoms with E-state index in [0.717, 1.165) is 12.0 Å². The fourth-order valence-corrected chi connectivity index (χ4v) is 1.71. The number of halogens is 1. The Labute approximate surface area is 100.0 Å². The van der Waals surface area contributed by atoms with Crippen molar-refractivity contribution in [3.63, 3.8) is 0 Å². The van der Waals surface area contributed by atoms with Crippen LogP contribution in [-0.2, 0) is 0 Å². The van der Waals surface area contributed by atoms with Gasteiger partial charge in [0.15, 0.2) is 0 Å². The lowest BCUT2D eigenvalue weighted by molar-refractivity contribution is 0.194. The first-order chi connectivity index (χ1) is 8.13. The van der Waals surface area contributed by atoms with Crippen molar-refractivity contribution < 1.29 is 14.3 Å². The van der Waals surface area contributed by atoms with Crippen LogP contribution in [0.4, 0.5) is 9.18 Å². The van der Waals surface area contributed by atoms with Gasteiger partial charge in [-0.25, -0.2) is 9.18 Å². The summed E-state index contributed by atoms with van der Waals surface area (Å²) in [5.41, 5.74) is 0.999. The van der Waals surface area contributed by atoms with Gasteiger partial charge in [-0.1, -0.05) is 18.2 Å². The van der Waals surface area contributed by atoms with E-state index in [-0.39, 0.29) is 11.7 Å². The quantitative estimate of drug-likeness (QED) is 0.747. The maximum atomic E-state index is 12.8. The molecule has 0 radical (unpaired) electrons. The number of rotatable bonds is 6. The van der Waals surface area contributed by atoms with Crippen molar-refractivity contribution in [1.82, 2.24) is 5.32 Å². The van der Waals surface area contributed by atoms with E-state index >= 15 is 0 Å². The molecule has 17 heavy (non-hydrogen) atoms. The van der Waals surface area contributed by atoms with E-state index in [2.05, 4.69) is 11.9 Å². The fraction of sp³-hybridized carbons (Fsp3) is 0.308. The topological polar surface area (TPSA) is 49.3 Å². The molecule has 0 aromatic heterocycles. The van der Waals surface area contributed by atoms with Crippen LogP contribution in [0.15, 0.2) is 36.9 Å². The van der Waals surface area contributed by atoms with Gasteiger partial charge in [-0.15, -0.1) is 6.58 Å². The second-order valence-corrected chi connectivity index (χ2v) is 3.79. The van der Waals surface area contributed by atoms with Crippen LogP contribution in [0.5, 0.6) is 0 Å². The maximum absolute atomic E-state index is 12.8. The number of amides is 1. The molecule has 1 atom stereocenters. The van der Waals surface area contributed by atoms with E-state index in [1.165, 1.54) is 12.1 Å². The molecule has 1 aromatic rings. The van der Waals surface area contributed by atoms with Crippen LogP contribution < -0.4 is 5.32 Å². The zero-order valence-corrected chi connectivity index (χ0v) is 9.53. The number of allylic oxidation sites excluding steroid dienone is 1. The molecule has 1 aromatic carbocycles. The van der Waals surface area contributed by atoms with Crippen LogP contribution in [0.1, 0.15) is 24.3 Å². The van der Waals surface area contributed by atoms with Gasteiger partial charge < -0.3 is 10.4 Å². The number of carboxylic acid groups (broad SMARTS) is 1. The van der Waals surface area contributed by atoms with Gasteiger partial charge in [0.2, 0.25) is 0 Å². The van der Waals surface area contributed by atoms with Crippen molar-refractivity contribution in [3.8, 4) is 0 Å². The van der Waals surface area contributed by atoms with Crippen molar-refractivity contribution in [1.29, 1.82) is 0 Å². The summed E-state index contributed by atoms with van der Waals surface area (Å²) in [5, 5.41) is 10.8. The Kier molecular flexibility index (Phi) is 5.20. The minimum Gasteiger partial charge on any atom is -0.465 e. The third kappa shape index (κ3) is 4.68. The van der Waals surface area contributed by atoms with Crippen LogP contribution in [0, 0.1) is 5.82 Å². The average molecular weight is 237 g/mol. The van der Waals surface area contributed by atoms with Crippen molar-refractivity contribution >= 4 is 6.09 Å². The summed E-state index contributed by atoms with van der Waals surface area (Å²) in [6.07, 6.45) is 2.17. The molecule has 2 N–H and O–H groups in total. The number of hydrogen-bond acceptors (Lipinski definition) is 1. The van der Waals surface area contributed by atoms with E-state index in [0.29, 0.717) is 13.0 Å². The number of carbonyl (C=O) groups is 1. The SMILES string of the molecule is C=CCC(CCNC(=O)O)c1ccc(F)cc1. The van der Waals surface area contributed by atoms with Crippen LogP contribution in [-0.4, -0.2) is 17.7 Å². The van der Waals surface area contributed by atoms with Crippen molar-refractivity contribution in [2.45, 2.75) is 18.8 Å². The highest BCUT2D eigenvalue weighted by Crippen LogP contribution is 2.23. The molecule has 0 aliphatic heterocycles. The monoisotopic (exact) mass is 237 g/mol. The summed E-state index contributed by atoms with van der Waals surface area (Å²) in [6.45, 7) is 4.06. The first-order valence-electron chi connectivity index (χ1n) is 5.46. The lowest BCUT2D eigenvalue weighted by Gasteiger charge is -2.15. The Bertz CT molecular complexity index is 376. The largest absolute Gasteiger partial charge is 0.465 e. The van der Waals surface area contributed by atoms with Gasteiger partial charge in [0.25, 0.3) is 0 Å². The molecule has 0 fully saturated rings. The first kappa shape index (κ1) is 13.2. The summed E-state index contributed by atoms with van der Waals surface area (Å²) in [4.78, 5) is 10.3. The van der Waals surface area contributed by atoms with Gasteiger partial charge in [0.05, 0.1) is 0 Å². The van der Waals surface area contributed by atoms with E-state index in [4.69, 9.17) is 5.11 Å². The Morgan fingerprint density at radius 1 is 1.47 bits per heavy atom. The van der Waals surface area contributed by atoms with E-state index in [1.807, 2.05) is 0 Å². The molecule has 1 amide bonds. The second kappa shape index (κ2) is 6.68. The summed E-state index contributed by atoms with van der Waals surface area (Å²) >= 11 is 0. The highest BCUT2D eigenvalue weighted by molar-refractivity contribution is 5.64. The predicted octanol–water partition coefficient (Wildman–Crippen LogP) is 3.14. The molecule has 0 aliphatic rings. The zero-order valence-electron chi connectivity index (χ0n) is 9.53. The molecule has 0 saturated carbocycles. The van der Waals surface area contributed by atoms with Gasteiger partial charge in [-0.3, -0.25) is 0 Å². The van der Waals surface area contributed by atoms with Crippen LogP contribution >= 0.6 is 0 Å². The molecule has 0 bridgehead atoms. The third-order valence-corrected chi connectivity index (χ3v) is 2.56. The molecular weight excluding hydrogens is 221 g/mol. The van der Waals surface area contributed by atoms with Crippen LogP contribution in [0.3, 0.4) is 0 Å². The Balaban J connectivity index is 2.61. The predicted molar refractivity (Wildman–Crippen MR) is 64.6 cm³/mol. The molecule has 0 heterocycles. The minimum atomic E-state index is -1.03. The van der Waals surface area contributed by atoms with Gasteiger partial charge >= 0.3 is 6.09 Å². The van der Waals surface area contributed by atoms with Crippen LogP contribution in [0.25, 0.3) is 0 Å². The van der Waals surface area contributed by atoms with E-state index < -0.39 is 6.09 Å². The van der Waals surface area contributed by atoms with E-state index in [1.54, 1.807) is 18.2 Å². The third-order valence-electron chi connectivity index (χ3n) is 2.56. The van der Waals surface area contributed by atoms with Crippen molar-refractivity contribution in [2.24, 2.45) is 0 Å². The van der Waals surface area contributed by atoms with Crippen molar-refractivity contribution in [3.05, 3.63) is 48.3 Å². The summed E-state index contributed by atoms with van der Waals surface area (Å²) in [7, 11) is 0. The highest BCUT2D eigenvalue weighted by atomic mass is 19.1. The van der Waals surface area contributed by atoms with Gasteiger partial charge in [0, 0.05) is 6.54 Å². The molecule has 0 spiro atoms. The van der Waals surface area contributed by atoms with Crippen LogP contribution in [0.2, 0.25) is 0 Å². The molecular formula is C13H16FNO2. The molecule has 4 heteroatoms. The normalized spacial score (nSPS) is 11.8. The summed E-state index contributed by atoms with van der Waals surface area (Å²) in [6, 6.07) is 6.28. The summed E-state index contributed by atoms with van der Waals surface area (Å²) < 4.78 is 12.8. The first-order valence-corrected chi connectivity index (χ1v) is 5.46. The number of benzene rings is 1. The number of hydrogen-bond donors (Lipinski definition) is 2. The molecule has 0 aliphatic carbocycles. The van der Waals surface area contributed by atoms with Gasteiger partial charge in [-0.05, 0) is 36.5 Å². The fourth-order valence-electron chi connectivity index (χ4n) is 1.71. The Hall–Kier alpha value is -1.84. The zero-order chi connectivity index (χ0) is 12.7. The Morgan fingerprint density at radius 3 is 2.65 bits per heavy atom. The maximum Gasteiger partial charge on any atom is 0.404 e. The molecule has 1 unspecified atom stereocenters. The lowest BCUT2D eigenvalue weighted by Crippen LogP contribution is -2.23. The standard InChI is InChI=1S/C13H16FNO2/c1-2-3-10(8-9-15-13(16)17)11-4-6-12(14)7-5-11/h2,4-7,10,15H,1,3,8-9H2,(H,16,17). The number of nitrogens with one attached hydrogen (secondary N) is 1. The highest BCUT2D eigenvalue weighted by Gasteiger charge is 2.10. The summed E-state index contributed by atoms with van der Waals surface area (Å²) in [5.74, 6) is -0.102. The molecule has 92 valence electrons. The smallest absolute Gasteiger partial charge is 0.404 e. The molecule has 1 rings (SSSR count). The van der Waals surface area contributed by atoms with Crippen molar-refractivity contribution in [2.75, 3.05) is 6.54 Å². The molecule has 0 saturated heterocycles.